The predicted molar refractivity (Wildman–Crippen MR) is 134 cm³/mol. The van der Waals surface area contributed by atoms with E-state index in [-0.39, 0.29) is 11.4 Å². The molecule has 1 aromatic carbocycles. The molecule has 1 saturated heterocycles. The Morgan fingerprint density at radius 1 is 1.11 bits per heavy atom. The lowest BCUT2D eigenvalue weighted by molar-refractivity contribution is -0.0191. The summed E-state index contributed by atoms with van der Waals surface area (Å²) in [4.78, 5) is 16.7. The Kier molecular flexibility index (Phi) is 5.91. The molecule has 0 bridgehead atoms. The van der Waals surface area contributed by atoms with E-state index in [2.05, 4.69) is 35.9 Å². The van der Waals surface area contributed by atoms with E-state index in [9.17, 15) is 9.65 Å². The van der Waals surface area contributed by atoms with E-state index in [1.165, 1.54) is 12.1 Å². The third-order valence-corrected chi connectivity index (χ3v) is 7.75. The normalized spacial score (nSPS) is 22.4. The van der Waals surface area contributed by atoms with Gasteiger partial charge >= 0.3 is 0 Å². The van der Waals surface area contributed by atoms with E-state index in [1.54, 1.807) is 12.4 Å². The highest BCUT2D eigenvalue weighted by atomic mass is 19.1. The van der Waals surface area contributed by atoms with Crippen LogP contribution in [0.5, 0.6) is 0 Å². The maximum Gasteiger partial charge on any atom is 0.141 e. The quantitative estimate of drug-likeness (QED) is 0.436. The molecule has 2 fully saturated rings. The van der Waals surface area contributed by atoms with Crippen molar-refractivity contribution in [2.45, 2.75) is 37.4 Å². The largest absolute Gasteiger partial charge is 0.346 e. The van der Waals surface area contributed by atoms with Gasteiger partial charge in [-0.25, -0.2) is 14.4 Å². The lowest BCUT2D eigenvalue weighted by Gasteiger charge is -2.52. The van der Waals surface area contributed by atoms with Crippen LogP contribution in [0.25, 0.3) is 22.3 Å². The molecule has 0 amide bonds. The van der Waals surface area contributed by atoms with Gasteiger partial charge < -0.3 is 4.98 Å². The second-order valence-corrected chi connectivity index (χ2v) is 10.0. The molecule has 186 valence electrons. The highest BCUT2D eigenvalue weighted by Crippen LogP contribution is 2.45. The molecule has 4 heterocycles. The first kappa shape index (κ1) is 23.3. The number of aromatic nitrogens is 5. The van der Waals surface area contributed by atoms with Crippen LogP contribution >= 0.6 is 0 Å². The van der Waals surface area contributed by atoms with Crippen molar-refractivity contribution >= 4 is 11.0 Å². The molecule has 37 heavy (non-hydrogen) atoms. The van der Waals surface area contributed by atoms with Crippen molar-refractivity contribution in [2.75, 3.05) is 26.2 Å². The van der Waals surface area contributed by atoms with E-state index in [4.69, 9.17) is 5.26 Å². The minimum absolute atomic E-state index is 0.311. The molecule has 3 aromatic heterocycles. The lowest BCUT2D eigenvalue weighted by Crippen LogP contribution is -2.60. The fourth-order valence-electron chi connectivity index (χ4n) is 5.79. The van der Waals surface area contributed by atoms with Crippen LogP contribution in [-0.2, 0) is 12.1 Å². The number of H-pyrrole nitrogens is 1. The number of nitrogens with one attached hydrogen (secondary N) is 1. The number of nitriles is 2. The van der Waals surface area contributed by atoms with E-state index in [1.807, 2.05) is 35.4 Å². The molecule has 0 radical (unpaired) electrons. The maximum atomic E-state index is 13.8. The first-order valence-electron chi connectivity index (χ1n) is 12.4. The summed E-state index contributed by atoms with van der Waals surface area (Å²) in [5, 5.41) is 24.3. The Balaban J connectivity index is 1.10. The zero-order valence-electron chi connectivity index (χ0n) is 20.3. The molecular weight excluding hydrogens is 469 g/mol. The molecule has 1 N–H and O–H groups in total. The Morgan fingerprint density at radius 3 is 2.73 bits per heavy atom. The van der Waals surface area contributed by atoms with E-state index < -0.39 is 0 Å². The van der Waals surface area contributed by atoms with Crippen molar-refractivity contribution in [3.63, 3.8) is 0 Å². The van der Waals surface area contributed by atoms with Crippen LogP contribution in [-0.4, -0.2) is 66.8 Å². The number of aromatic amines is 1. The summed E-state index contributed by atoms with van der Waals surface area (Å²) in [5.41, 5.74) is 3.41. The van der Waals surface area contributed by atoms with Crippen LogP contribution in [0.15, 0.2) is 49.2 Å². The number of benzene rings is 1. The van der Waals surface area contributed by atoms with Gasteiger partial charge in [0.1, 0.15) is 17.8 Å². The molecule has 1 aliphatic heterocycles. The van der Waals surface area contributed by atoms with Crippen molar-refractivity contribution in [1.82, 2.24) is 34.5 Å². The average molecular weight is 496 g/mol. The maximum absolute atomic E-state index is 13.8. The van der Waals surface area contributed by atoms with Crippen LogP contribution < -0.4 is 0 Å². The molecule has 0 unspecified atom stereocenters. The summed E-state index contributed by atoms with van der Waals surface area (Å²) in [6.45, 7) is 4.24. The minimum Gasteiger partial charge on any atom is -0.346 e. The van der Waals surface area contributed by atoms with Crippen molar-refractivity contribution in [1.29, 1.82) is 10.5 Å². The Morgan fingerprint density at radius 2 is 1.95 bits per heavy atom. The molecule has 1 saturated carbocycles. The minimum atomic E-state index is -0.366. The van der Waals surface area contributed by atoms with Crippen molar-refractivity contribution in [3.8, 4) is 23.4 Å². The first-order valence-corrected chi connectivity index (χ1v) is 12.4. The Labute approximate surface area is 213 Å². The molecule has 9 nitrogen and oxygen atoms in total. The highest BCUT2D eigenvalue weighted by Gasteiger charge is 2.49. The summed E-state index contributed by atoms with van der Waals surface area (Å²) >= 11 is 0. The molecule has 0 spiro atoms. The van der Waals surface area contributed by atoms with E-state index >= 15 is 0 Å². The molecular formula is C27H26FN9. The number of hydrogen-bond acceptors (Lipinski definition) is 7. The van der Waals surface area contributed by atoms with Crippen LogP contribution in [0.4, 0.5) is 4.39 Å². The summed E-state index contributed by atoms with van der Waals surface area (Å²) in [6.07, 6.45) is 9.39. The average Bonchev–Trinajstić information content (AvgIpc) is 3.56. The summed E-state index contributed by atoms with van der Waals surface area (Å²) in [6, 6.07) is 11.3. The van der Waals surface area contributed by atoms with Gasteiger partial charge in [0.15, 0.2) is 0 Å². The fourth-order valence-corrected chi connectivity index (χ4v) is 5.79. The zero-order chi connectivity index (χ0) is 25.4. The zero-order valence-corrected chi connectivity index (χ0v) is 20.3. The van der Waals surface area contributed by atoms with Crippen LogP contribution in [0.1, 0.15) is 30.4 Å². The summed E-state index contributed by atoms with van der Waals surface area (Å²) < 4.78 is 15.8. The second-order valence-electron chi connectivity index (χ2n) is 10.0. The molecule has 4 aromatic rings. The van der Waals surface area contributed by atoms with E-state index in [0.717, 1.165) is 66.9 Å². The van der Waals surface area contributed by atoms with Crippen molar-refractivity contribution in [3.05, 3.63) is 66.1 Å². The number of hydrogen-bond donors (Lipinski definition) is 1. The molecule has 10 heteroatoms. The number of piperazine rings is 1. The van der Waals surface area contributed by atoms with E-state index in [0.29, 0.717) is 24.6 Å². The topological polar surface area (TPSA) is 113 Å². The van der Waals surface area contributed by atoms with Gasteiger partial charge in [0, 0.05) is 62.1 Å². The summed E-state index contributed by atoms with van der Waals surface area (Å²) in [5.74, 6) is -0.366. The SMILES string of the molecule is N#CC[C@]1(n2cc(-c3ncnc4[nH]ccc34)cn2)C[C@H](N2CCN(Cc3cc(F)cc(C#N)c3)CC2)C1. The predicted octanol–water partition coefficient (Wildman–Crippen LogP) is 3.42. The summed E-state index contributed by atoms with van der Waals surface area (Å²) in [7, 11) is 0. The van der Waals surface area contributed by atoms with Gasteiger partial charge in [0.25, 0.3) is 0 Å². The van der Waals surface area contributed by atoms with Crippen molar-refractivity contribution < 1.29 is 4.39 Å². The van der Waals surface area contributed by atoms with Crippen molar-refractivity contribution in [2.24, 2.45) is 0 Å². The smallest absolute Gasteiger partial charge is 0.141 e. The van der Waals surface area contributed by atoms with Crippen LogP contribution in [0.3, 0.4) is 0 Å². The van der Waals surface area contributed by atoms with Gasteiger partial charge in [-0.05, 0) is 42.7 Å². The number of halogens is 1. The number of nitrogens with zero attached hydrogens (tertiary/aromatic N) is 8. The van der Waals surface area contributed by atoms with Gasteiger partial charge in [0.2, 0.25) is 0 Å². The Bertz CT molecular complexity index is 1510. The molecule has 1 aliphatic carbocycles. The Hall–Kier alpha value is -4.12. The molecule has 2 aliphatic rings. The van der Waals surface area contributed by atoms with Crippen LogP contribution in [0.2, 0.25) is 0 Å². The third kappa shape index (κ3) is 4.35. The van der Waals surface area contributed by atoms with Gasteiger partial charge in [-0.2, -0.15) is 15.6 Å². The molecule has 0 atom stereocenters. The fraction of sp³-hybridized carbons (Fsp3) is 0.370. The standard InChI is InChI=1S/C27H26FN9/c28-22-10-19(14-30)9-20(11-22)16-35-5-7-36(8-6-35)23-12-27(13-23,2-3-29)37-17-21(15-34-37)25-24-1-4-31-26(24)33-18-32-25/h1,4,9-11,15,17-18,23H,2,5-8,12-13,16H2,(H,31,32,33)/t23-,27-. The van der Waals surface area contributed by atoms with Gasteiger partial charge in [-0.15, -0.1) is 0 Å². The number of rotatable bonds is 6. The molecule has 6 rings (SSSR count). The number of fused-ring (bicyclic) bond motifs is 1. The van der Waals surface area contributed by atoms with Gasteiger partial charge in [0.05, 0.1) is 41.6 Å². The lowest BCUT2D eigenvalue weighted by atomic mass is 9.70. The van der Waals surface area contributed by atoms with Gasteiger partial charge in [-0.1, -0.05) is 0 Å². The van der Waals surface area contributed by atoms with Crippen LogP contribution in [0, 0.1) is 28.5 Å². The second kappa shape index (κ2) is 9.40. The first-order chi connectivity index (χ1) is 18.1. The monoisotopic (exact) mass is 495 g/mol. The van der Waals surface area contributed by atoms with Gasteiger partial charge in [-0.3, -0.25) is 14.5 Å². The highest BCUT2D eigenvalue weighted by molar-refractivity contribution is 5.89. The third-order valence-electron chi connectivity index (χ3n) is 7.75.